The van der Waals surface area contributed by atoms with E-state index in [-0.39, 0.29) is 5.91 Å². The maximum Gasteiger partial charge on any atom is 0.230 e. The van der Waals surface area contributed by atoms with E-state index in [2.05, 4.69) is 10.3 Å². The lowest BCUT2D eigenvalue weighted by Gasteiger charge is -2.04. The zero-order valence-corrected chi connectivity index (χ0v) is 9.75. The number of hydrogen-bond acceptors (Lipinski definition) is 3. The molecule has 3 nitrogen and oxygen atoms in total. The summed E-state index contributed by atoms with van der Waals surface area (Å²) in [6, 6.07) is 7.74. The summed E-state index contributed by atoms with van der Waals surface area (Å²) >= 11 is 1.50. The van der Waals surface area contributed by atoms with E-state index in [4.69, 9.17) is 0 Å². The van der Waals surface area contributed by atoms with Crippen molar-refractivity contribution in [2.24, 2.45) is 0 Å². The van der Waals surface area contributed by atoms with Crippen LogP contribution in [0.3, 0.4) is 0 Å². The Balaban J connectivity index is 1.97. The fourth-order valence-corrected chi connectivity index (χ4v) is 1.98. The lowest BCUT2D eigenvalue weighted by molar-refractivity contribution is -0.115. The summed E-state index contributed by atoms with van der Waals surface area (Å²) in [6.07, 6.45) is 0.331. The van der Waals surface area contributed by atoms with Crippen molar-refractivity contribution in [2.75, 3.05) is 5.32 Å². The van der Waals surface area contributed by atoms with E-state index in [9.17, 15) is 4.79 Å². The van der Waals surface area contributed by atoms with E-state index in [0.29, 0.717) is 6.42 Å². The second-order valence-corrected chi connectivity index (χ2v) is 4.29. The van der Waals surface area contributed by atoms with Gasteiger partial charge in [0, 0.05) is 11.1 Å². The molecule has 1 amide bonds. The van der Waals surface area contributed by atoms with Crippen LogP contribution >= 0.6 is 11.3 Å². The van der Waals surface area contributed by atoms with Gasteiger partial charge < -0.3 is 5.32 Å². The molecule has 0 radical (unpaired) electrons. The van der Waals surface area contributed by atoms with Crippen molar-refractivity contribution >= 4 is 22.9 Å². The highest BCUT2D eigenvalue weighted by molar-refractivity contribution is 7.07. The second-order valence-electron chi connectivity index (χ2n) is 3.57. The zero-order chi connectivity index (χ0) is 11.4. The second kappa shape index (κ2) is 4.90. The first-order valence-corrected chi connectivity index (χ1v) is 5.92. The van der Waals surface area contributed by atoms with Gasteiger partial charge in [-0.3, -0.25) is 4.79 Å². The first-order valence-electron chi connectivity index (χ1n) is 4.97. The number of nitrogens with zero attached hydrogens (tertiary/aromatic N) is 1. The van der Waals surface area contributed by atoms with Gasteiger partial charge in [0.2, 0.25) is 5.91 Å². The predicted molar refractivity (Wildman–Crippen MR) is 65.6 cm³/mol. The molecule has 0 saturated heterocycles. The van der Waals surface area contributed by atoms with E-state index in [1.165, 1.54) is 11.3 Å². The van der Waals surface area contributed by atoms with Crippen LogP contribution in [0.2, 0.25) is 0 Å². The number of hydrogen-bond donors (Lipinski definition) is 1. The smallest absolute Gasteiger partial charge is 0.230 e. The van der Waals surface area contributed by atoms with Crippen molar-refractivity contribution in [1.82, 2.24) is 4.98 Å². The summed E-state index contributed by atoms with van der Waals surface area (Å²) in [5, 5.41) is 4.73. The topological polar surface area (TPSA) is 42.0 Å². The monoisotopic (exact) mass is 232 g/mol. The Bertz CT molecular complexity index is 480. The number of anilines is 1. The molecule has 0 aliphatic heterocycles. The molecule has 1 heterocycles. The molecule has 2 aromatic rings. The Morgan fingerprint density at radius 1 is 1.50 bits per heavy atom. The molecule has 0 fully saturated rings. The van der Waals surface area contributed by atoms with Gasteiger partial charge in [-0.1, -0.05) is 12.1 Å². The highest BCUT2D eigenvalue weighted by atomic mass is 32.1. The normalized spacial score (nSPS) is 10.1. The Morgan fingerprint density at radius 2 is 2.38 bits per heavy atom. The fraction of sp³-hybridized carbons (Fsp3) is 0.167. The van der Waals surface area contributed by atoms with Crippen molar-refractivity contribution in [3.8, 4) is 0 Å². The van der Waals surface area contributed by atoms with Crippen molar-refractivity contribution in [2.45, 2.75) is 13.3 Å². The van der Waals surface area contributed by atoms with Crippen LogP contribution in [0.5, 0.6) is 0 Å². The first kappa shape index (κ1) is 10.8. The van der Waals surface area contributed by atoms with Crippen LogP contribution in [0.15, 0.2) is 35.2 Å². The average Bonchev–Trinajstić information content (AvgIpc) is 2.70. The minimum absolute atomic E-state index is 0.0310. The maximum absolute atomic E-state index is 11.6. The van der Waals surface area contributed by atoms with Gasteiger partial charge in [0.05, 0.1) is 17.6 Å². The average molecular weight is 232 g/mol. The number of carbonyl (C=O) groups excluding carboxylic acids is 1. The molecular formula is C12H12N2OS. The Kier molecular flexibility index (Phi) is 3.31. The highest BCUT2D eigenvalue weighted by Gasteiger charge is 2.05. The van der Waals surface area contributed by atoms with Crippen LogP contribution in [-0.2, 0) is 11.2 Å². The number of benzene rings is 1. The summed E-state index contributed by atoms with van der Waals surface area (Å²) in [5.41, 5.74) is 4.51. The predicted octanol–water partition coefficient (Wildman–Crippen LogP) is 2.63. The van der Waals surface area contributed by atoms with Crippen LogP contribution in [0.25, 0.3) is 0 Å². The van der Waals surface area contributed by atoms with Gasteiger partial charge in [0.25, 0.3) is 0 Å². The van der Waals surface area contributed by atoms with Crippen LogP contribution in [0, 0.1) is 6.92 Å². The lowest BCUT2D eigenvalue weighted by atomic mass is 10.2. The van der Waals surface area contributed by atoms with Crippen molar-refractivity contribution in [3.05, 3.63) is 46.4 Å². The summed E-state index contributed by atoms with van der Waals surface area (Å²) in [7, 11) is 0. The van der Waals surface area contributed by atoms with Gasteiger partial charge >= 0.3 is 0 Å². The lowest BCUT2D eigenvalue weighted by Crippen LogP contribution is -2.14. The summed E-state index contributed by atoms with van der Waals surface area (Å²) in [6.45, 7) is 2.00. The largest absolute Gasteiger partial charge is 0.326 e. The standard InChI is InChI=1S/C12H12N2OS/c1-9-3-2-4-10(5-9)14-12(15)6-11-7-16-8-13-11/h2-5,7-8H,6H2,1H3,(H,14,15). The first-order chi connectivity index (χ1) is 7.74. The van der Waals surface area contributed by atoms with Gasteiger partial charge in [-0.25, -0.2) is 4.98 Å². The molecule has 0 spiro atoms. The van der Waals surface area contributed by atoms with E-state index in [1.54, 1.807) is 5.51 Å². The van der Waals surface area contributed by atoms with Crippen LogP contribution < -0.4 is 5.32 Å². The third kappa shape index (κ3) is 2.90. The Labute approximate surface area is 98.2 Å². The van der Waals surface area contributed by atoms with Gasteiger partial charge in [-0.2, -0.15) is 0 Å². The molecule has 82 valence electrons. The Hall–Kier alpha value is -1.68. The molecule has 4 heteroatoms. The molecule has 0 aliphatic rings. The Morgan fingerprint density at radius 3 is 3.06 bits per heavy atom. The van der Waals surface area contributed by atoms with Crippen LogP contribution in [0.1, 0.15) is 11.3 Å². The molecule has 0 bridgehead atoms. The molecule has 0 saturated carbocycles. The molecule has 1 N–H and O–H groups in total. The highest BCUT2D eigenvalue weighted by Crippen LogP contribution is 2.10. The molecule has 1 aromatic carbocycles. The summed E-state index contributed by atoms with van der Waals surface area (Å²) in [5.74, 6) is -0.0310. The fourth-order valence-electron chi connectivity index (χ4n) is 1.42. The number of thiazole rings is 1. The maximum atomic E-state index is 11.6. The van der Waals surface area contributed by atoms with E-state index in [1.807, 2.05) is 36.6 Å². The quantitative estimate of drug-likeness (QED) is 0.884. The van der Waals surface area contributed by atoms with Gasteiger partial charge in [-0.15, -0.1) is 11.3 Å². The molecule has 16 heavy (non-hydrogen) atoms. The van der Waals surface area contributed by atoms with Crippen molar-refractivity contribution in [3.63, 3.8) is 0 Å². The zero-order valence-electron chi connectivity index (χ0n) is 8.93. The van der Waals surface area contributed by atoms with E-state index in [0.717, 1.165) is 16.9 Å². The molecular weight excluding hydrogens is 220 g/mol. The van der Waals surface area contributed by atoms with E-state index < -0.39 is 0 Å². The number of carbonyl (C=O) groups is 1. The molecule has 1 aromatic heterocycles. The minimum Gasteiger partial charge on any atom is -0.326 e. The number of aryl methyl sites for hydroxylation is 1. The number of aromatic nitrogens is 1. The van der Waals surface area contributed by atoms with Crippen molar-refractivity contribution in [1.29, 1.82) is 0 Å². The SMILES string of the molecule is Cc1cccc(NC(=O)Cc2cscn2)c1. The van der Waals surface area contributed by atoms with Gasteiger partial charge in [-0.05, 0) is 24.6 Å². The minimum atomic E-state index is -0.0310. The number of amides is 1. The molecule has 2 rings (SSSR count). The third-order valence-corrected chi connectivity index (χ3v) is 2.76. The molecule has 0 unspecified atom stereocenters. The molecule has 0 aliphatic carbocycles. The number of rotatable bonds is 3. The van der Waals surface area contributed by atoms with Crippen molar-refractivity contribution < 1.29 is 4.79 Å². The van der Waals surface area contributed by atoms with E-state index >= 15 is 0 Å². The summed E-state index contributed by atoms with van der Waals surface area (Å²) < 4.78 is 0. The van der Waals surface area contributed by atoms with Crippen LogP contribution in [0.4, 0.5) is 5.69 Å². The molecule has 0 atom stereocenters. The summed E-state index contributed by atoms with van der Waals surface area (Å²) in [4.78, 5) is 15.7. The number of nitrogens with one attached hydrogen (secondary N) is 1. The van der Waals surface area contributed by atoms with Gasteiger partial charge in [0.15, 0.2) is 0 Å². The van der Waals surface area contributed by atoms with Crippen LogP contribution in [-0.4, -0.2) is 10.9 Å². The van der Waals surface area contributed by atoms with Gasteiger partial charge in [0.1, 0.15) is 0 Å². The third-order valence-electron chi connectivity index (χ3n) is 2.13.